The molecular weight excluding hydrogens is 298 g/mol. The highest BCUT2D eigenvalue weighted by Crippen LogP contribution is 2.37. The van der Waals surface area contributed by atoms with Crippen LogP contribution in [0.4, 0.5) is 0 Å². The first kappa shape index (κ1) is 16.8. The molecule has 0 fully saturated rings. The largest absolute Gasteiger partial charge is 0.494 e. The molecule has 0 aliphatic carbocycles. The minimum absolute atomic E-state index is 0.265. The summed E-state index contributed by atoms with van der Waals surface area (Å²) in [7, 11) is 0. The van der Waals surface area contributed by atoms with Crippen molar-refractivity contribution in [3.63, 3.8) is 0 Å². The molecule has 0 bridgehead atoms. The lowest BCUT2D eigenvalue weighted by atomic mass is 9.90. The van der Waals surface area contributed by atoms with Gasteiger partial charge in [-0.1, -0.05) is 23.7 Å². The van der Waals surface area contributed by atoms with Gasteiger partial charge in [0.15, 0.2) is 0 Å². The number of benzene rings is 1. The molecule has 4 nitrogen and oxygen atoms in total. The third-order valence-electron chi connectivity index (χ3n) is 3.91. The quantitative estimate of drug-likeness (QED) is 0.795. The van der Waals surface area contributed by atoms with Crippen LogP contribution < -0.4 is 4.74 Å². The van der Waals surface area contributed by atoms with Gasteiger partial charge in [-0.3, -0.25) is 4.68 Å². The molecule has 120 valence electrons. The first-order valence-corrected chi connectivity index (χ1v) is 8.17. The fraction of sp³-hybridized carbons (Fsp3) is 0.529. The molecule has 1 atom stereocenters. The first-order valence-electron chi connectivity index (χ1n) is 7.79. The molecule has 1 unspecified atom stereocenters. The molecule has 0 N–H and O–H groups in total. The summed E-state index contributed by atoms with van der Waals surface area (Å²) in [6, 6.07) is 2.04. The van der Waals surface area contributed by atoms with Gasteiger partial charge in [-0.25, -0.2) is 0 Å². The number of hydrogen-bond donors (Lipinski definition) is 0. The van der Waals surface area contributed by atoms with Crippen LogP contribution in [0.2, 0.25) is 5.02 Å². The van der Waals surface area contributed by atoms with Crippen LogP contribution >= 0.6 is 11.6 Å². The Morgan fingerprint density at radius 3 is 2.64 bits per heavy atom. The molecule has 0 saturated heterocycles. The predicted octanol–water partition coefficient (Wildman–Crippen LogP) is 4.31. The maximum absolute atomic E-state index is 6.44. The second-order valence-corrected chi connectivity index (χ2v) is 6.03. The van der Waals surface area contributed by atoms with Gasteiger partial charge in [-0.05, 0) is 57.2 Å². The van der Waals surface area contributed by atoms with Gasteiger partial charge in [0.2, 0.25) is 0 Å². The summed E-state index contributed by atoms with van der Waals surface area (Å²) >= 11 is 6.44. The van der Waals surface area contributed by atoms with Crippen molar-refractivity contribution in [3.8, 4) is 5.75 Å². The van der Waals surface area contributed by atoms with Crippen LogP contribution in [0.15, 0.2) is 12.3 Å². The molecule has 2 rings (SSSR count). The highest BCUT2D eigenvalue weighted by atomic mass is 35.5. The van der Waals surface area contributed by atoms with E-state index in [1.54, 1.807) is 0 Å². The maximum Gasteiger partial charge on any atom is 0.123 e. The number of hydrogen-bond acceptors (Lipinski definition) is 3. The van der Waals surface area contributed by atoms with Gasteiger partial charge >= 0.3 is 0 Å². The van der Waals surface area contributed by atoms with Crippen molar-refractivity contribution in [2.45, 2.75) is 53.5 Å². The monoisotopic (exact) mass is 321 g/mol. The Hall–Kier alpha value is -1.55. The topological polar surface area (TPSA) is 39.9 Å². The number of halogens is 1. The molecule has 1 heterocycles. The van der Waals surface area contributed by atoms with E-state index < -0.39 is 0 Å². The lowest BCUT2D eigenvalue weighted by Crippen LogP contribution is -2.07. The Kier molecular flexibility index (Phi) is 5.46. The highest BCUT2D eigenvalue weighted by molar-refractivity contribution is 6.32. The average molecular weight is 322 g/mol. The van der Waals surface area contributed by atoms with E-state index in [2.05, 4.69) is 31.1 Å². The third kappa shape index (κ3) is 3.43. The first-order chi connectivity index (χ1) is 10.5. The summed E-state index contributed by atoms with van der Waals surface area (Å²) in [5.41, 5.74) is 4.31. The van der Waals surface area contributed by atoms with Crippen molar-refractivity contribution in [3.05, 3.63) is 39.7 Å². The van der Waals surface area contributed by atoms with Gasteiger partial charge in [-0.2, -0.15) is 0 Å². The lowest BCUT2D eigenvalue weighted by molar-refractivity contribution is 0.334. The fourth-order valence-electron chi connectivity index (χ4n) is 2.83. The second-order valence-electron chi connectivity index (χ2n) is 5.65. The molecule has 22 heavy (non-hydrogen) atoms. The minimum Gasteiger partial charge on any atom is -0.494 e. The Labute approximate surface area is 137 Å². The summed E-state index contributed by atoms with van der Waals surface area (Å²) in [6.07, 6.45) is 2.82. The van der Waals surface area contributed by atoms with Gasteiger partial charge in [-0.15, -0.1) is 5.10 Å². The summed E-state index contributed by atoms with van der Waals surface area (Å²) in [5, 5.41) is 9.16. The number of rotatable bonds is 6. The molecule has 2 aromatic rings. The van der Waals surface area contributed by atoms with E-state index in [-0.39, 0.29) is 5.92 Å². The molecule has 0 aliphatic heterocycles. The zero-order valence-electron chi connectivity index (χ0n) is 14.0. The van der Waals surface area contributed by atoms with E-state index in [1.165, 1.54) is 5.56 Å². The zero-order chi connectivity index (χ0) is 16.3. The Balaban J connectivity index is 2.34. The Morgan fingerprint density at radius 1 is 1.32 bits per heavy atom. The van der Waals surface area contributed by atoms with Gasteiger partial charge in [0.25, 0.3) is 0 Å². The highest BCUT2D eigenvalue weighted by Gasteiger charge is 2.20. The van der Waals surface area contributed by atoms with Crippen molar-refractivity contribution in [1.29, 1.82) is 0 Å². The van der Waals surface area contributed by atoms with Gasteiger partial charge in [0.05, 0.1) is 12.3 Å². The van der Waals surface area contributed by atoms with Crippen LogP contribution in [-0.4, -0.2) is 21.6 Å². The van der Waals surface area contributed by atoms with E-state index in [4.69, 9.17) is 16.3 Å². The van der Waals surface area contributed by atoms with Crippen molar-refractivity contribution in [1.82, 2.24) is 15.0 Å². The van der Waals surface area contributed by atoms with Crippen molar-refractivity contribution in [2.75, 3.05) is 6.61 Å². The average Bonchev–Trinajstić information content (AvgIpc) is 2.93. The Bertz CT molecular complexity index is 652. The van der Waals surface area contributed by atoms with Crippen LogP contribution in [-0.2, 0) is 13.0 Å². The predicted molar refractivity (Wildman–Crippen MR) is 89.9 cm³/mol. The van der Waals surface area contributed by atoms with Crippen LogP contribution in [0.5, 0.6) is 5.75 Å². The van der Waals surface area contributed by atoms with Crippen molar-refractivity contribution in [2.24, 2.45) is 0 Å². The lowest BCUT2D eigenvalue weighted by Gasteiger charge is -2.20. The number of ether oxygens (including phenoxy) is 1. The van der Waals surface area contributed by atoms with E-state index in [0.29, 0.717) is 6.61 Å². The number of aromatic nitrogens is 3. The maximum atomic E-state index is 6.44. The molecule has 1 aromatic heterocycles. The SMILES string of the molecule is CCOc1cc(C)c(Cl)c(C)c1C(C)Cc1cn(CC)nn1. The van der Waals surface area contributed by atoms with Crippen molar-refractivity contribution < 1.29 is 4.74 Å². The normalized spacial score (nSPS) is 12.5. The summed E-state index contributed by atoms with van der Waals surface area (Å²) in [5.74, 6) is 1.19. The van der Waals surface area contributed by atoms with Crippen molar-refractivity contribution >= 4 is 11.6 Å². The minimum atomic E-state index is 0.265. The molecule has 1 aromatic carbocycles. The fourth-order valence-corrected chi connectivity index (χ4v) is 2.98. The van der Waals surface area contributed by atoms with Gasteiger partial charge < -0.3 is 4.74 Å². The van der Waals surface area contributed by atoms with Gasteiger partial charge in [0, 0.05) is 23.3 Å². The standard InChI is InChI=1S/C17H24ClN3O/c1-6-21-10-14(19-20-21)8-11(3)16-13(5)17(18)12(4)9-15(16)22-7-2/h9-11H,6-8H2,1-5H3. The molecule has 0 spiro atoms. The third-order valence-corrected chi connectivity index (χ3v) is 4.49. The number of nitrogens with zero attached hydrogens (tertiary/aromatic N) is 3. The molecule has 0 aliphatic rings. The van der Waals surface area contributed by atoms with E-state index in [9.17, 15) is 0 Å². The van der Waals surface area contributed by atoms with Crippen LogP contribution in [0.3, 0.4) is 0 Å². The molecule has 0 amide bonds. The van der Waals surface area contributed by atoms with Crippen LogP contribution in [0.1, 0.15) is 49.1 Å². The summed E-state index contributed by atoms with van der Waals surface area (Å²) in [6.45, 7) is 11.8. The van der Waals surface area contributed by atoms with Gasteiger partial charge in [0.1, 0.15) is 5.75 Å². The summed E-state index contributed by atoms with van der Waals surface area (Å²) < 4.78 is 7.69. The van der Waals surface area contributed by atoms with E-state index >= 15 is 0 Å². The van der Waals surface area contributed by atoms with Crippen LogP contribution in [0, 0.1) is 13.8 Å². The molecule has 5 heteroatoms. The number of aryl methyl sites for hydroxylation is 2. The summed E-state index contributed by atoms with van der Waals surface area (Å²) in [4.78, 5) is 0. The molecule has 0 saturated carbocycles. The van der Waals surface area contributed by atoms with E-state index in [0.717, 1.165) is 40.6 Å². The molecule has 0 radical (unpaired) electrons. The second kappa shape index (κ2) is 7.14. The molecular formula is C17H24ClN3O. The zero-order valence-corrected chi connectivity index (χ0v) is 14.7. The Morgan fingerprint density at radius 2 is 2.05 bits per heavy atom. The smallest absolute Gasteiger partial charge is 0.123 e. The van der Waals surface area contributed by atoms with Crippen LogP contribution in [0.25, 0.3) is 0 Å². The van der Waals surface area contributed by atoms with E-state index in [1.807, 2.05) is 30.8 Å².